The second-order valence-corrected chi connectivity index (χ2v) is 8.56. The molecule has 0 atom stereocenters. The molecule has 0 unspecified atom stereocenters. The van der Waals surface area contributed by atoms with Crippen LogP contribution in [0.5, 0.6) is 17.2 Å². The Hall–Kier alpha value is -3.74. The number of ketones is 1. The molecule has 0 fully saturated rings. The zero-order valence-corrected chi connectivity index (χ0v) is 20.2. The first-order valence-corrected chi connectivity index (χ1v) is 11.5. The third-order valence-corrected chi connectivity index (χ3v) is 6.14. The van der Waals surface area contributed by atoms with Crippen LogP contribution in [0.4, 0.5) is 0 Å². The normalized spacial score (nSPS) is 13.7. The lowest BCUT2D eigenvalue weighted by atomic mass is 10.1. The van der Waals surface area contributed by atoms with E-state index in [4.69, 9.17) is 41.8 Å². The molecule has 1 aromatic heterocycles. The third-order valence-electron chi connectivity index (χ3n) is 5.48. The number of Topliss-reactive ketones (excluding diaryl/α,β-unsaturated/α-hetero) is 1. The average Bonchev–Trinajstić information content (AvgIpc) is 3.31. The lowest BCUT2D eigenvalue weighted by molar-refractivity contribution is 0.0734. The fourth-order valence-electron chi connectivity index (χ4n) is 3.88. The predicted octanol–water partition coefficient (Wildman–Crippen LogP) is 7.28. The summed E-state index contributed by atoms with van der Waals surface area (Å²) in [5.74, 6) is 0.672. The van der Waals surface area contributed by atoms with E-state index in [0.717, 1.165) is 0 Å². The molecule has 6 nitrogen and oxygen atoms in total. The number of allylic oxidation sites excluding steroid dienone is 1. The summed E-state index contributed by atoms with van der Waals surface area (Å²) in [6, 6.07) is 14.9. The first-order chi connectivity index (χ1) is 16.9. The number of hydrogen-bond acceptors (Lipinski definition) is 6. The number of aryl methyl sites for hydroxylation is 1. The van der Waals surface area contributed by atoms with E-state index >= 15 is 0 Å². The summed E-state index contributed by atoms with van der Waals surface area (Å²) in [4.78, 5) is 25.9. The smallest absolute Gasteiger partial charge is 0.347 e. The molecule has 8 heteroatoms. The van der Waals surface area contributed by atoms with Gasteiger partial charge in [0.2, 0.25) is 5.78 Å². The van der Waals surface area contributed by atoms with E-state index < -0.39 is 5.97 Å². The summed E-state index contributed by atoms with van der Waals surface area (Å²) in [5.41, 5.74) is 1.67. The third kappa shape index (κ3) is 4.27. The summed E-state index contributed by atoms with van der Waals surface area (Å²) in [6.45, 7) is 4.07. The maximum Gasteiger partial charge on any atom is 0.347 e. The van der Waals surface area contributed by atoms with Crippen molar-refractivity contribution < 1.29 is 28.2 Å². The van der Waals surface area contributed by atoms with Gasteiger partial charge in [-0.3, -0.25) is 4.79 Å². The van der Waals surface area contributed by atoms with E-state index in [1.807, 2.05) is 6.92 Å². The number of esters is 1. The van der Waals surface area contributed by atoms with Gasteiger partial charge in [-0.25, -0.2) is 4.79 Å². The fraction of sp³-hybridized carbons (Fsp3) is 0.111. The topological polar surface area (TPSA) is 75.0 Å². The highest BCUT2D eigenvalue weighted by molar-refractivity contribution is 6.37. The second-order valence-electron chi connectivity index (χ2n) is 7.75. The Balaban J connectivity index is 1.42. The van der Waals surface area contributed by atoms with Gasteiger partial charge in [0.1, 0.15) is 34.2 Å². The van der Waals surface area contributed by atoms with Crippen LogP contribution < -0.4 is 14.2 Å². The van der Waals surface area contributed by atoms with E-state index in [1.54, 1.807) is 49.4 Å². The van der Waals surface area contributed by atoms with Gasteiger partial charge in [-0.1, -0.05) is 29.3 Å². The van der Waals surface area contributed by atoms with Crippen LogP contribution in [0, 0.1) is 6.92 Å². The van der Waals surface area contributed by atoms with Gasteiger partial charge in [0, 0.05) is 27.1 Å². The van der Waals surface area contributed by atoms with Crippen molar-refractivity contribution in [1.82, 2.24) is 0 Å². The Morgan fingerprint density at radius 2 is 1.77 bits per heavy atom. The number of hydrogen-bond donors (Lipinski definition) is 0. The molecule has 176 valence electrons. The molecule has 0 aliphatic carbocycles. The minimum absolute atomic E-state index is 0.0682. The SMILES string of the molecule is CCOc1ccc2oc(C)c(C(=O)Oc3ccc4c(c3)OC(=Cc3c(Cl)cccc3Cl)C4=O)c2c1. The molecule has 0 radical (unpaired) electrons. The van der Waals surface area contributed by atoms with E-state index in [-0.39, 0.29) is 23.0 Å². The van der Waals surface area contributed by atoms with Crippen molar-refractivity contribution in [2.45, 2.75) is 13.8 Å². The van der Waals surface area contributed by atoms with Crippen LogP contribution in [0.1, 0.15) is 39.0 Å². The number of halogens is 2. The first-order valence-electron chi connectivity index (χ1n) is 10.8. The van der Waals surface area contributed by atoms with Crippen molar-refractivity contribution >= 4 is 52.0 Å². The minimum Gasteiger partial charge on any atom is -0.494 e. The second kappa shape index (κ2) is 9.13. The van der Waals surface area contributed by atoms with Crippen molar-refractivity contribution in [2.75, 3.05) is 6.61 Å². The van der Waals surface area contributed by atoms with Gasteiger partial charge < -0.3 is 18.6 Å². The Morgan fingerprint density at radius 3 is 2.51 bits per heavy atom. The first kappa shape index (κ1) is 23.0. The van der Waals surface area contributed by atoms with Crippen molar-refractivity contribution in [2.24, 2.45) is 0 Å². The molecule has 1 aliphatic rings. The largest absolute Gasteiger partial charge is 0.494 e. The molecule has 2 heterocycles. The van der Waals surface area contributed by atoms with Gasteiger partial charge in [0.25, 0.3) is 0 Å². The maximum absolute atomic E-state index is 13.1. The lowest BCUT2D eigenvalue weighted by Gasteiger charge is -2.06. The lowest BCUT2D eigenvalue weighted by Crippen LogP contribution is -2.09. The van der Waals surface area contributed by atoms with E-state index in [9.17, 15) is 9.59 Å². The molecule has 0 saturated heterocycles. The Labute approximate surface area is 210 Å². The predicted molar refractivity (Wildman–Crippen MR) is 133 cm³/mol. The zero-order valence-electron chi connectivity index (χ0n) is 18.7. The zero-order chi connectivity index (χ0) is 24.7. The molecular formula is C27H18Cl2O6. The van der Waals surface area contributed by atoms with Gasteiger partial charge in [0.05, 0.1) is 12.2 Å². The Kier molecular flexibility index (Phi) is 6.01. The molecular weight excluding hydrogens is 491 g/mol. The van der Waals surface area contributed by atoms with E-state index in [1.165, 1.54) is 18.2 Å². The summed E-state index contributed by atoms with van der Waals surface area (Å²) >= 11 is 12.4. The number of fused-ring (bicyclic) bond motifs is 2. The van der Waals surface area contributed by atoms with Gasteiger partial charge >= 0.3 is 5.97 Å². The molecule has 0 N–H and O–H groups in total. The number of ether oxygens (including phenoxy) is 3. The van der Waals surface area contributed by atoms with Crippen LogP contribution >= 0.6 is 23.2 Å². The molecule has 35 heavy (non-hydrogen) atoms. The Bertz CT molecular complexity index is 1510. The highest BCUT2D eigenvalue weighted by atomic mass is 35.5. The molecule has 1 aliphatic heterocycles. The fourth-order valence-corrected chi connectivity index (χ4v) is 4.38. The van der Waals surface area contributed by atoms with Gasteiger partial charge in [0.15, 0.2) is 5.76 Å². The van der Waals surface area contributed by atoms with Gasteiger partial charge in [-0.15, -0.1) is 0 Å². The summed E-state index contributed by atoms with van der Waals surface area (Å²) in [6.07, 6.45) is 1.50. The molecule has 3 aromatic carbocycles. The summed E-state index contributed by atoms with van der Waals surface area (Å²) < 4.78 is 22.6. The standard InChI is InChI=1S/C27H18Cl2O6/c1-3-32-15-8-10-22-19(11-15)25(14(2)33-22)27(31)34-16-7-9-17-23(12-16)35-24(26(17)30)13-18-20(28)5-4-6-21(18)29/h4-13H,3H2,1-2H3. The number of rotatable bonds is 5. The maximum atomic E-state index is 13.1. The van der Waals surface area contributed by atoms with Crippen molar-refractivity contribution in [3.63, 3.8) is 0 Å². The minimum atomic E-state index is -0.599. The van der Waals surface area contributed by atoms with Crippen LogP contribution in [0.2, 0.25) is 10.0 Å². The van der Waals surface area contributed by atoms with Crippen LogP contribution in [-0.4, -0.2) is 18.4 Å². The summed E-state index contributed by atoms with van der Waals surface area (Å²) in [5, 5.41) is 1.37. The Morgan fingerprint density at radius 1 is 1.03 bits per heavy atom. The highest BCUT2D eigenvalue weighted by Crippen LogP contribution is 2.37. The quantitative estimate of drug-likeness (QED) is 0.160. The van der Waals surface area contributed by atoms with Crippen molar-refractivity contribution in [3.05, 3.63) is 92.9 Å². The molecule has 4 aromatic rings. The molecule has 0 spiro atoms. The van der Waals surface area contributed by atoms with Crippen LogP contribution in [0.25, 0.3) is 17.0 Å². The number of carbonyl (C=O) groups excluding carboxylic acids is 2. The highest BCUT2D eigenvalue weighted by Gasteiger charge is 2.29. The van der Waals surface area contributed by atoms with Gasteiger partial charge in [-0.2, -0.15) is 0 Å². The molecule has 0 saturated carbocycles. The molecule has 5 rings (SSSR count). The van der Waals surface area contributed by atoms with Crippen LogP contribution in [0.15, 0.2) is 64.8 Å². The van der Waals surface area contributed by atoms with Crippen LogP contribution in [-0.2, 0) is 0 Å². The molecule has 0 bridgehead atoms. The van der Waals surface area contributed by atoms with Gasteiger partial charge in [-0.05, 0) is 62.4 Å². The number of furan rings is 1. The van der Waals surface area contributed by atoms with Crippen molar-refractivity contribution in [3.8, 4) is 17.2 Å². The van der Waals surface area contributed by atoms with Crippen molar-refractivity contribution in [1.29, 1.82) is 0 Å². The number of carbonyl (C=O) groups is 2. The summed E-state index contributed by atoms with van der Waals surface area (Å²) in [7, 11) is 0. The molecule has 0 amide bonds. The van der Waals surface area contributed by atoms with E-state index in [0.29, 0.717) is 55.8 Å². The van der Waals surface area contributed by atoms with E-state index in [2.05, 4.69) is 0 Å². The van der Waals surface area contributed by atoms with Crippen LogP contribution in [0.3, 0.4) is 0 Å². The number of benzene rings is 3. The monoisotopic (exact) mass is 508 g/mol. The average molecular weight is 509 g/mol.